The Bertz CT molecular complexity index is 480. The lowest BCUT2D eigenvalue weighted by atomic mass is 10.2. The van der Waals surface area contributed by atoms with Gasteiger partial charge in [0.15, 0.2) is 0 Å². The smallest absolute Gasteiger partial charge is 0.252 e. The van der Waals surface area contributed by atoms with Crippen LogP contribution in [-0.4, -0.2) is 54.2 Å². The lowest BCUT2D eigenvalue weighted by Crippen LogP contribution is -2.50. The van der Waals surface area contributed by atoms with Crippen LogP contribution in [0.3, 0.4) is 0 Å². The van der Waals surface area contributed by atoms with Crippen molar-refractivity contribution in [3.8, 4) is 0 Å². The monoisotopic (exact) mass is 339 g/mol. The standard InChI is InChI=1S/C14H18BrN3O2/c15-13-4-3-10(6-16-13)14(19)17-7-12-8-18-5-1-2-11(18)9-20-12/h3-4,6,11-12H,1-2,5,7-9H2,(H,17,19). The van der Waals surface area contributed by atoms with Gasteiger partial charge in [0.2, 0.25) is 0 Å². The molecule has 0 saturated carbocycles. The summed E-state index contributed by atoms with van der Waals surface area (Å²) in [6.07, 6.45) is 4.16. The van der Waals surface area contributed by atoms with Crippen LogP contribution in [0.15, 0.2) is 22.9 Å². The van der Waals surface area contributed by atoms with Crippen molar-refractivity contribution in [3.63, 3.8) is 0 Å². The van der Waals surface area contributed by atoms with Crippen LogP contribution in [0, 0.1) is 0 Å². The Morgan fingerprint density at radius 3 is 3.25 bits per heavy atom. The number of hydrogen-bond donors (Lipinski definition) is 1. The molecule has 1 amide bonds. The molecule has 0 radical (unpaired) electrons. The van der Waals surface area contributed by atoms with E-state index < -0.39 is 0 Å². The minimum atomic E-state index is -0.0999. The van der Waals surface area contributed by atoms with E-state index in [2.05, 4.69) is 31.1 Å². The minimum Gasteiger partial charge on any atom is -0.373 e. The third-order valence-corrected chi connectivity index (χ3v) is 4.41. The highest BCUT2D eigenvalue weighted by Gasteiger charge is 2.32. The summed E-state index contributed by atoms with van der Waals surface area (Å²) in [4.78, 5) is 18.5. The number of amides is 1. The summed E-state index contributed by atoms with van der Waals surface area (Å²) in [6.45, 7) is 3.43. The topological polar surface area (TPSA) is 54.5 Å². The van der Waals surface area contributed by atoms with E-state index in [0.29, 0.717) is 18.2 Å². The van der Waals surface area contributed by atoms with Crippen LogP contribution in [-0.2, 0) is 4.74 Å². The third kappa shape index (κ3) is 3.19. The summed E-state index contributed by atoms with van der Waals surface area (Å²) in [5.41, 5.74) is 0.572. The molecular weight excluding hydrogens is 322 g/mol. The largest absolute Gasteiger partial charge is 0.373 e. The molecule has 6 heteroatoms. The van der Waals surface area contributed by atoms with Gasteiger partial charge in [-0.2, -0.15) is 0 Å². The molecule has 3 heterocycles. The highest BCUT2D eigenvalue weighted by molar-refractivity contribution is 9.10. The van der Waals surface area contributed by atoms with Crippen LogP contribution in [0.2, 0.25) is 0 Å². The van der Waals surface area contributed by atoms with Gasteiger partial charge in [0.05, 0.1) is 18.3 Å². The van der Waals surface area contributed by atoms with Crippen molar-refractivity contribution in [1.82, 2.24) is 15.2 Å². The van der Waals surface area contributed by atoms with E-state index in [1.807, 2.05) is 0 Å². The fourth-order valence-corrected chi connectivity index (χ4v) is 3.06. The molecule has 20 heavy (non-hydrogen) atoms. The maximum Gasteiger partial charge on any atom is 0.252 e. The first kappa shape index (κ1) is 14.0. The van der Waals surface area contributed by atoms with Crippen LogP contribution < -0.4 is 5.32 Å². The number of halogens is 1. The number of nitrogens with zero attached hydrogens (tertiary/aromatic N) is 2. The number of carbonyl (C=O) groups excluding carboxylic acids is 1. The molecule has 5 nitrogen and oxygen atoms in total. The summed E-state index contributed by atoms with van der Waals surface area (Å²) in [7, 11) is 0. The molecule has 2 aliphatic heterocycles. The zero-order valence-corrected chi connectivity index (χ0v) is 12.8. The Hall–Kier alpha value is -0.980. The second-order valence-corrected chi connectivity index (χ2v) is 6.14. The Labute approximate surface area is 126 Å². The highest BCUT2D eigenvalue weighted by atomic mass is 79.9. The average molecular weight is 340 g/mol. The zero-order valence-electron chi connectivity index (χ0n) is 11.2. The average Bonchev–Trinajstić information content (AvgIpc) is 2.93. The molecule has 2 unspecified atom stereocenters. The Morgan fingerprint density at radius 2 is 2.45 bits per heavy atom. The fourth-order valence-electron chi connectivity index (χ4n) is 2.83. The van der Waals surface area contributed by atoms with Gasteiger partial charge in [-0.25, -0.2) is 4.98 Å². The molecule has 2 aliphatic rings. The van der Waals surface area contributed by atoms with E-state index in [-0.39, 0.29) is 12.0 Å². The van der Waals surface area contributed by atoms with Crippen LogP contribution in [0.1, 0.15) is 23.2 Å². The van der Waals surface area contributed by atoms with Gasteiger partial charge >= 0.3 is 0 Å². The summed E-state index contributed by atoms with van der Waals surface area (Å²) >= 11 is 3.25. The molecule has 3 rings (SSSR count). The van der Waals surface area contributed by atoms with Gasteiger partial charge in [-0.05, 0) is 47.4 Å². The van der Waals surface area contributed by atoms with Crippen molar-refractivity contribution in [1.29, 1.82) is 0 Å². The number of rotatable bonds is 3. The van der Waals surface area contributed by atoms with Gasteiger partial charge in [0.1, 0.15) is 4.60 Å². The number of carbonyl (C=O) groups is 1. The second-order valence-electron chi connectivity index (χ2n) is 5.33. The lowest BCUT2D eigenvalue weighted by Gasteiger charge is -2.35. The summed E-state index contributed by atoms with van der Waals surface area (Å²) in [5.74, 6) is -0.0999. The number of aromatic nitrogens is 1. The quantitative estimate of drug-likeness (QED) is 0.846. The van der Waals surface area contributed by atoms with Gasteiger partial charge in [-0.15, -0.1) is 0 Å². The molecule has 0 bridgehead atoms. The molecule has 2 atom stereocenters. The maximum absolute atomic E-state index is 12.0. The number of fused-ring (bicyclic) bond motifs is 1. The predicted octanol–water partition coefficient (Wildman–Crippen LogP) is 1.44. The Balaban J connectivity index is 1.49. The van der Waals surface area contributed by atoms with E-state index in [1.165, 1.54) is 12.8 Å². The minimum absolute atomic E-state index is 0.0942. The van der Waals surface area contributed by atoms with Gasteiger partial charge in [-0.3, -0.25) is 9.69 Å². The van der Waals surface area contributed by atoms with E-state index in [4.69, 9.17) is 4.74 Å². The van der Waals surface area contributed by atoms with Crippen molar-refractivity contribution < 1.29 is 9.53 Å². The van der Waals surface area contributed by atoms with Crippen molar-refractivity contribution in [2.24, 2.45) is 0 Å². The first-order chi connectivity index (χ1) is 9.72. The van der Waals surface area contributed by atoms with Crippen LogP contribution in [0.25, 0.3) is 0 Å². The Morgan fingerprint density at radius 1 is 1.55 bits per heavy atom. The Kier molecular flexibility index (Phi) is 4.33. The van der Waals surface area contributed by atoms with Crippen molar-refractivity contribution in [2.75, 3.05) is 26.2 Å². The maximum atomic E-state index is 12.0. The number of hydrogen-bond acceptors (Lipinski definition) is 4. The number of ether oxygens (including phenoxy) is 1. The summed E-state index contributed by atoms with van der Waals surface area (Å²) in [6, 6.07) is 4.11. The first-order valence-electron chi connectivity index (χ1n) is 6.98. The summed E-state index contributed by atoms with van der Waals surface area (Å²) in [5, 5.41) is 2.92. The molecule has 1 aromatic heterocycles. The van der Waals surface area contributed by atoms with Gasteiger partial charge in [-0.1, -0.05) is 0 Å². The number of pyridine rings is 1. The van der Waals surface area contributed by atoms with Crippen molar-refractivity contribution >= 4 is 21.8 Å². The number of morpholine rings is 1. The van der Waals surface area contributed by atoms with Gasteiger partial charge in [0.25, 0.3) is 5.91 Å². The van der Waals surface area contributed by atoms with E-state index >= 15 is 0 Å². The van der Waals surface area contributed by atoms with E-state index in [0.717, 1.165) is 24.3 Å². The molecule has 2 fully saturated rings. The third-order valence-electron chi connectivity index (χ3n) is 3.94. The van der Waals surface area contributed by atoms with E-state index in [1.54, 1.807) is 18.3 Å². The van der Waals surface area contributed by atoms with Crippen molar-refractivity contribution in [2.45, 2.75) is 25.0 Å². The van der Waals surface area contributed by atoms with Crippen LogP contribution in [0.5, 0.6) is 0 Å². The summed E-state index contributed by atoms with van der Waals surface area (Å²) < 4.78 is 6.54. The van der Waals surface area contributed by atoms with Crippen LogP contribution >= 0.6 is 15.9 Å². The fraction of sp³-hybridized carbons (Fsp3) is 0.571. The van der Waals surface area contributed by atoms with Crippen LogP contribution in [0.4, 0.5) is 0 Å². The van der Waals surface area contributed by atoms with Gasteiger partial charge in [0, 0.05) is 25.3 Å². The highest BCUT2D eigenvalue weighted by Crippen LogP contribution is 2.22. The molecule has 108 valence electrons. The van der Waals surface area contributed by atoms with Crippen molar-refractivity contribution in [3.05, 3.63) is 28.5 Å². The SMILES string of the molecule is O=C(NCC1CN2CCCC2CO1)c1ccc(Br)nc1. The second kappa shape index (κ2) is 6.20. The molecular formula is C14H18BrN3O2. The first-order valence-corrected chi connectivity index (χ1v) is 7.77. The van der Waals surface area contributed by atoms with E-state index in [9.17, 15) is 4.79 Å². The van der Waals surface area contributed by atoms with Gasteiger partial charge < -0.3 is 10.1 Å². The molecule has 0 spiro atoms. The zero-order chi connectivity index (χ0) is 13.9. The number of nitrogens with one attached hydrogen (secondary N) is 1. The normalized spacial score (nSPS) is 26.2. The molecule has 0 aromatic carbocycles. The predicted molar refractivity (Wildman–Crippen MR) is 78.6 cm³/mol. The lowest BCUT2D eigenvalue weighted by molar-refractivity contribution is -0.0461. The molecule has 2 saturated heterocycles. The molecule has 1 N–H and O–H groups in total. The molecule has 0 aliphatic carbocycles. The molecule has 1 aromatic rings.